The highest BCUT2D eigenvalue weighted by Crippen LogP contribution is 2.23. The summed E-state index contributed by atoms with van der Waals surface area (Å²) in [4.78, 5) is 10.9. The molecule has 0 atom stereocenters. The van der Waals surface area contributed by atoms with Gasteiger partial charge in [-0.2, -0.15) is 0 Å². The average molecular weight is 349 g/mol. The number of anilines is 1. The third kappa shape index (κ3) is 5.02. The van der Waals surface area contributed by atoms with Crippen LogP contribution >= 0.6 is 28.3 Å². The van der Waals surface area contributed by atoms with Crippen LogP contribution in [0.5, 0.6) is 0 Å². The van der Waals surface area contributed by atoms with Crippen LogP contribution in [0.2, 0.25) is 0 Å². The lowest BCUT2D eigenvalue weighted by atomic mass is 10.3. The Morgan fingerprint density at radius 2 is 2.05 bits per heavy atom. The molecule has 110 valence electrons. The molecule has 0 aromatic carbocycles. The Balaban J connectivity index is 0.00000180. The highest BCUT2D eigenvalue weighted by atomic mass is 79.9. The number of piperazine rings is 1. The first-order chi connectivity index (χ1) is 8.83. The largest absolute Gasteiger partial charge is 0.346 e. The molecule has 1 saturated heterocycles. The van der Waals surface area contributed by atoms with Gasteiger partial charge in [0.1, 0.15) is 0 Å². The van der Waals surface area contributed by atoms with Crippen LogP contribution in [-0.2, 0) is 6.42 Å². The van der Waals surface area contributed by atoms with Gasteiger partial charge in [-0.1, -0.05) is 6.92 Å². The number of hydrogen-bond donors (Lipinski definition) is 1. The Morgan fingerprint density at radius 1 is 1.32 bits per heavy atom. The Bertz CT molecular complexity index is 350. The zero-order valence-electron chi connectivity index (χ0n) is 11.9. The Labute approximate surface area is 131 Å². The SMILES string of the molecule is Br.CCCN1CCN(c2ncc(CCNC)s2)CC1. The van der Waals surface area contributed by atoms with Gasteiger partial charge >= 0.3 is 0 Å². The standard InChI is InChI=1S/C13H24N4S.BrH/c1-3-6-16-7-9-17(10-8-16)13-15-11-12(18-13)4-5-14-2;/h11,14H,3-10H2,1-2H3;1H. The van der Waals surface area contributed by atoms with E-state index in [-0.39, 0.29) is 17.0 Å². The lowest BCUT2D eigenvalue weighted by Gasteiger charge is -2.34. The highest BCUT2D eigenvalue weighted by Gasteiger charge is 2.18. The van der Waals surface area contributed by atoms with E-state index < -0.39 is 0 Å². The summed E-state index contributed by atoms with van der Waals surface area (Å²) in [7, 11) is 1.99. The van der Waals surface area contributed by atoms with Gasteiger partial charge in [0.15, 0.2) is 5.13 Å². The van der Waals surface area contributed by atoms with Gasteiger partial charge in [-0.05, 0) is 33.0 Å². The highest BCUT2D eigenvalue weighted by molar-refractivity contribution is 8.93. The third-order valence-electron chi connectivity index (χ3n) is 3.35. The molecule has 1 aromatic rings. The number of hydrogen-bond acceptors (Lipinski definition) is 5. The second-order valence-electron chi connectivity index (χ2n) is 4.79. The third-order valence-corrected chi connectivity index (χ3v) is 4.46. The van der Waals surface area contributed by atoms with Gasteiger partial charge in [0.05, 0.1) is 0 Å². The number of aromatic nitrogens is 1. The van der Waals surface area contributed by atoms with Crippen LogP contribution in [0.4, 0.5) is 5.13 Å². The van der Waals surface area contributed by atoms with Crippen molar-refractivity contribution in [1.29, 1.82) is 0 Å². The van der Waals surface area contributed by atoms with Crippen LogP contribution in [0.15, 0.2) is 6.20 Å². The minimum absolute atomic E-state index is 0. The van der Waals surface area contributed by atoms with Gasteiger partial charge in [0.25, 0.3) is 0 Å². The van der Waals surface area contributed by atoms with Crippen molar-refractivity contribution in [1.82, 2.24) is 15.2 Å². The molecule has 2 heterocycles. The summed E-state index contributed by atoms with van der Waals surface area (Å²) in [6, 6.07) is 0. The van der Waals surface area contributed by atoms with E-state index in [0.29, 0.717) is 0 Å². The molecule has 0 aliphatic carbocycles. The minimum Gasteiger partial charge on any atom is -0.346 e. The molecule has 0 spiro atoms. The predicted octanol–water partition coefficient (Wildman–Crippen LogP) is 2.01. The van der Waals surface area contributed by atoms with E-state index >= 15 is 0 Å². The molecule has 6 heteroatoms. The van der Waals surface area contributed by atoms with Crippen LogP contribution in [0.1, 0.15) is 18.2 Å². The van der Waals surface area contributed by atoms with Crippen LogP contribution in [0, 0.1) is 0 Å². The topological polar surface area (TPSA) is 31.4 Å². The maximum Gasteiger partial charge on any atom is 0.185 e. The molecule has 0 saturated carbocycles. The van der Waals surface area contributed by atoms with Gasteiger partial charge in [-0.3, -0.25) is 4.90 Å². The van der Waals surface area contributed by atoms with Gasteiger partial charge in [-0.15, -0.1) is 28.3 Å². The lowest BCUT2D eigenvalue weighted by Crippen LogP contribution is -2.46. The van der Waals surface area contributed by atoms with Crippen LogP contribution in [-0.4, -0.2) is 56.2 Å². The zero-order valence-corrected chi connectivity index (χ0v) is 14.4. The number of rotatable bonds is 6. The smallest absolute Gasteiger partial charge is 0.185 e. The summed E-state index contributed by atoms with van der Waals surface area (Å²) in [5.41, 5.74) is 0. The second kappa shape index (κ2) is 8.89. The van der Waals surface area contributed by atoms with Crippen molar-refractivity contribution in [3.63, 3.8) is 0 Å². The molecule has 1 N–H and O–H groups in total. The monoisotopic (exact) mass is 348 g/mol. The Hall–Kier alpha value is -0.170. The van der Waals surface area contributed by atoms with Gasteiger partial charge < -0.3 is 10.2 Å². The summed E-state index contributed by atoms with van der Waals surface area (Å²) in [5.74, 6) is 0. The van der Waals surface area contributed by atoms with Crippen molar-refractivity contribution in [2.45, 2.75) is 19.8 Å². The van der Waals surface area contributed by atoms with Crippen LogP contribution in [0.3, 0.4) is 0 Å². The van der Waals surface area contributed by atoms with Crippen LogP contribution < -0.4 is 10.2 Å². The van der Waals surface area contributed by atoms with Crippen molar-refractivity contribution in [3.8, 4) is 0 Å². The first-order valence-electron chi connectivity index (χ1n) is 6.90. The van der Waals surface area contributed by atoms with Gasteiger partial charge in [0, 0.05) is 37.3 Å². The molecule has 1 fully saturated rings. The molecule has 19 heavy (non-hydrogen) atoms. The van der Waals surface area contributed by atoms with E-state index in [1.807, 2.05) is 24.6 Å². The molecule has 0 bridgehead atoms. The van der Waals surface area contributed by atoms with Crippen LogP contribution in [0.25, 0.3) is 0 Å². The van der Waals surface area contributed by atoms with E-state index in [0.717, 1.165) is 26.1 Å². The normalized spacial score (nSPS) is 16.4. The van der Waals surface area contributed by atoms with E-state index in [1.54, 1.807) is 0 Å². The summed E-state index contributed by atoms with van der Waals surface area (Å²) >= 11 is 1.85. The van der Waals surface area contributed by atoms with Crippen molar-refractivity contribution in [2.75, 3.05) is 51.2 Å². The Morgan fingerprint density at radius 3 is 2.68 bits per heavy atom. The fraction of sp³-hybridized carbons (Fsp3) is 0.769. The molecule has 2 rings (SSSR count). The number of thiazole rings is 1. The second-order valence-corrected chi connectivity index (χ2v) is 5.89. The quantitative estimate of drug-likeness (QED) is 0.852. The first kappa shape index (κ1) is 16.9. The zero-order chi connectivity index (χ0) is 12.8. The average Bonchev–Trinajstić information content (AvgIpc) is 2.86. The fourth-order valence-electron chi connectivity index (χ4n) is 2.29. The maximum atomic E-state index is 4.56. The number of halogens is 1. The molecule has 1 aliphatic heterocycles. The van der Waals surface area contributed by atoms with E-state index in [1.165, 1.54) is 36.1 Å². The summed E-state index contributed by atoms with van der Waals surface area (Å²) in [6.07, 6.45) is 4.38. The summed E-state index contributed by atoms with van der Waals surface area (Å²) in [6.45, 7) is 9.13. The van der Waals surface area contributed by atoms with Crippen molar-refractivity contribution < 1.29 is 0 Å². The number of nitrogens with one attached hydrogen (secondary N) is 1. The summed E-state index contributed by atoms with van der Waals surface area (Å²) < 4.78 is 0. The molecule has 0 unspecified atom stereocenters. The Kier molecular flexibility index (Phi) is 7.90. The summed E-state index contributed by atoms with van der Waals surface area (Å²) in [5, 5.41) is 4.39. The fourth-order valence-corrected chi connectivity index (χ4v) is 3.25. The number of likely N-dealkylation sites (N-methyl/N-ethyl adjacent to an activating group) is 1. The minimum atomic E-state index is 0. The van der Waals surface area contributed by atoms with E-state index in [2.05, 4.69) is 27.0 Å². The first-order valence-corrected chi connectivity index (χ1v) is 7.71. The molecule has 0 radical (unpaired) electrons. The van der Waals surface area contributed by atoms with Crippen molar-refractivity contribution in [2.24, 2.45) is 0 Å². The van der Waals surface area contributed by atoms with Gasteiger partial charge in [0.2, 0.25) is 0 Å². The van der Waals surface area contributed by atoms with Gasteiger partial charge in [-0.25, -0.2) is 4.98 Å². The predicted molar refractivity (Wildman–Crippen MR) is 89.0 cm³/mol. The molecular weight excluding hydrogens is 324 g/mol. The lowest BCUT2D eigenvalue weighted by molar-refractivity contribution is 0.258. The number of nitrogens with zero attached hydrogens (tertiary/aromatic N) is 3. The molecular formula is C13H25BrN4S. The molecule has 1 aromatic heterocycles. The van der Waals surface area contributed by atoms with Crippen molar-refractivity contribution >= 4 is 33.4 Å². The van der Waals surface area contributed by atoms with E-state index in [4.69, 9.17) is 0 Å². The molecule has 0 amide bonds. The van der Waals surface area contributed by atoms with E-state index in [9.17, 15) is 0 Å². The maximum absolute atomic E-state index is 4.56. The molecule has 4 nitrogen and oxygen atoms in total. The molecule has 1 aliphatic rings. The van der Waals surface area contributed by atoms with Crippen molar-refractivity contribution in [3.05, 3.63) is 11.1 Å².